The second-order valence-corrected chi connectivity index (χ2v) is 7.85. The Morgan fingerprint density at radius 1 is 1.22 bits per heavy atom. The van der Waals surface area contributed by atoms with E-state index in [1.54, 1.807) is 18.2 Å². The van der Waals surface area contributed by atoms with Gasteiger partial charge in [0.2, 0.25) is 6.41 Å². The van der Waals surface area contributed by atoms with Crippen LogP contribution in [0, 0.1) is 0 Å². The molecule has 4 rings (SSSR count). The summed E-state index contributed by atoms with van der Waals surface area (Å²) in [4.78, 5) is 16.6. The van der Waals surface area contributed by atoms with E-state index in [1.807, 2.05) is 19.1 Å². The van der Waals surface area contributed by atoms with Crippen LogP contribution >= 0.6 is 0 Å². The van der Waals surface area contributed by atoms with Crippen LogP contribution in [0.1, 0.15) is 41.6 Å². The van der Waals surface area contributed by atoms with Gasteiger partial charge in [-0.1, -0.05) is 0 Å². The van der Waals surface area contributed by atoms with Crippen molar-refractivity contribution in [1.82, 2.24) is 9.88 Å². The lowest BCUT2D eigenvalue weighted by atomic mass is 9.88. The quantitative estimate of drug-likeness (QED) is 0.503. The van der Waals surface area contributed by atoms with Gasteiger partial charge in [-0.2, -0.15) is 13.2 Å². The number of aryl methyl sites for hydroxylation is 1. The number of carbonyl (C=O) groups excluding carboxylic acids is 1. The highest BCUT2D eigenvalue weighted by molar-refractivity contribution is 5.84. The predicted molar refractivity (Wildman–Crippen MR) is 115 cm³/mol. The van der Waals surface area contributed by atoms with Crippen molar-refractivity contribution in [3.63, 3.8) is 0 Å². The number of amides is 1. The number of ether oxygens (including phenoxy) is 2. The number of methoxy groups -OCH3 is 1. The van der Waals surface area contributed by atoms with Gasteiger partial charge >= 0.3 is 6.18 Å². The maximum absolute atomic E-state index is 13.2. The lowest BCUT2D eigenvalue weighted by Gasteiger charge is -2.35. The topological polar surface area (TPSA) is 54.6 Å². The molecule has 1 atom stereocenters. The highest BCUT2D eigenvalue weighted by atomic mass is 19.4. The van der Waals surface area contributed by atoms with Crippen LogP contribution in [0.3, 0.4) is 0 Å². The largest absolute Gasteiger partial charge is 0.493 e. The molecule has 0 saturated carbocycles. The number of nitrogens with one attached hydrogen (secondary N) is 1. The third-order valence-electron chi connectivity index (χ3n) is 6.04. The minimum Gasteiger partial charge on any atom is -0.493 e. The lowest BCUT2D eigenvalue weighted by molar-refractivity contribution is -0.137. The van der Waals surface area contributed by atoms with E-state index in [4.69, 9.17) is 9.47 Å². The molecule has 0 saturated heterocycles. The highest BCUT2D eigenvalue weighted by Crippen LogP contribution is 2.40. The number of aromatic nitrogens is 1. The molecule has 8 heteroatoms. The fourth-order valence-electron chi connectivity index (χ4n) is 4.46. The highest BCUT2D eigenvalue weighted by Gasteiger charge is 2.31. The Morgan fingerprint density at radius 3 is 2.72 bits per heavy atom. The van der Waals surface area contributed by atoms with Crippen molar-refractivity contribution >= 4 is 17.3 Å². The molecule has 0 fully saturated rings. The summed E-state index contributed by atoms with van der Waals surface area (Å²) < 4.78 is 50.7. The minimum absolute atomic E-state index is 0.197. The predicted octanol–water partition coefficient (Wildman–Crippen LogP) is 5.28. The van der Waals surface area contributed by atoms with E-state index in [-0.39, 0.29) is 6.04 Å². The molecule has 2 heterocycles. The first-order chi connectivity index (χ1) is 15.4. The summed E-state index contributed by atoms with van der Waals surface area (Å²) in [5, 5.41) is 0.554. The molecule has 1 aliphatic heterocycles. The molecule has 1 aromatic heterocycles. The van der Waals surface area contributed by atoms with Crippen molar-refractivity contribution in [3.05, 3.63) is 58.8 Å². The lowest BCUT2D eigenvalue weighted by Crippen LogP contribution is -2.34. The normalized spacial score (nSPS) is 16.2. The van der Waals surface area contributed by atoms with Crippen molar-refractivity contribution in [1.29, 1.82) is 0 Å². The number of benzene rings is 2. The number of fused-ring (bicyclic) bond motifs is 2. The van der Waals surface area contributed by atoms with Gasteiger partial charge < -0.3 is 19.4 Å². The van der Waals surface area contributed by atoms with Gasteiger partial charge in [0.05, 0.1) is 25.3 Å². The molecule has 32 heavy (non-hydrogen) atoms. The fraction of sp³-hybridized carbons (Fsp3) is 0.375. The summed E-state index contributed by atoms with van der Waals surface area (Å²) in [7, 11) is 1.59. The molecule has 0 unspecified atom stereocenters. The van der Waals surface area contributed by atoms with Crippen LogP contribution in [-0.4, -0.2) is 36.6 Å². The van der Waals surface area contributed by atoms with Crippen LogP contribution in [-0.2, 0) is 23.8 Å². The van der Waals surface area contributed by atoms with Crippen molar-refractivity contribution in [2.75, 3.05) is 20.3 Å². The smallest absolute Gasteiger partial charge is 0.416 e. The summed E-state index contributed by atoms with van der Waals surface area (Å²) in [6.07, 6.45) is -0.00330. The molecule has 0 spiro atoms. The fourth-order valence-corrected chi connectivity index (χ4v) is 4.46. The second kappa shape index (κ2) is 8.76. The molecule has 0 bridgehead atoms. The number of halogens is 3. The van der Waals surface area contributed by atoms with Gasteiger partial charge in [0.1, 0.15) is 0 Å². The molecular weight excluding hydrogens is 421 g/mol. The summed E-state index contributed by atoms with van der Waals surface area (Å²) >= 11 is 0. The maximum Gasteiger partial charge on any atom is 0.416 e. The van der Waals surface area contributed by atoms with E-state index in [9.17, 15) is 18.0 Å². The molecular formula is C24H25F3N2O3. The molecule has 0 aliphatic carbocycles. The molecule has 1 aliphatic rings. The van der Waals surface area contributed by atoms with Crippen LogP contribution in [0.4, 0.5) is 13.2 Å². The Bertz CT molecular complexity index is 1120. The number of hydrogen-bond acceptors (Lipinski definition) is 3. The number of alkyl halides is 3. The Balaban J connectivity index is 1.65. The van der Waals surface area contributed by atoms with Gasteiger partial charge in [-0.25, -0.2) is 0 Å². The van der Waals surface area contributed by atoms with Crippen molar-refractivity contribution in [2.45, 2.75) is 38.4 Å². The Hall–Kier alpha value is -3.16. The molecule has 2 aromatic carbocycles. The Morgan fingerprint density at radius 2 is 2.03 bits per heavy atom. The van der Waals surface area contributed by atoms with Crippen molar-refractivity contribution < 1.29 is 27.4 Å². The summed E-state index contributed by atoms with van der Waals surface area (Å²) in [6, 6.07) is 7.40. The SMILES string of the molecule is CCOc1cc2c(cc1OC)CCN(C=O)[C@H]2CCc1c[nH]c2ccc(C(F)(F)F)cc12. The van der Waals surface area contributed by atoms with Crippen molar-refractivity contribution in [2.24, 2.45) is 0 Å². The number of rotatable bonds is 7. The maximum atomic E-state index is 13.2. The van der Waals surface area contributed by atoms with Crippen LogP contribution in [0.25, 0.3) is 10.9 Å². The van der Waals surface area contributed by atoms with E-state index in [0.29, 0.717) is 54.8 Å². The van der Waals surface area contributed by atoms with E-state index < -0.39 is 11.7 Å². The van der Waals surface area contributed by atoms with Crippen LogP contribution in [0.2, 0.25) is 0 Å². The summed E-state index contributed by atoms with van der Waals surface area (Å²) in [5.41, 5.74) is 2.86. The zero-order chi connectivity index (χ0) is 22.9. The van der Waals surface area contributed by atoms with E-state index in [1.165, 1.54) is 12.1 Å². The number of carbonyl (C=O) groups is 1. The first-order valence-electron chi connectivity index (χ1n) is 10.6. The third kappa shape index (κ3) is 4.13. The van der Waals surface area contributed by atoms with Gasteiger partial charge in [-0.3, -0.25) is 4.79 Å². The zero-order valence-electron chi connectivity index (χ0n) is 18.0. The van der Waals surface area contributed by atoms with Crippen LogP contribution in [0.5, 0.6) is 11.5 Å². The molecule has 3 aromatic rings. The van der Waals surface area contributed by atoms with Gasteiger partial charge in [0.15, 0.2) is 11.5 Å². The van der Waals surface area contributed by atoms with Gasteiger partial charge in [0, 0.05) is 23.6 Å². The number of hydrogen-bond donors (Lipinski definition) is 1. The Labute approximate surface area is 184 Å². The van der Waals surface area contributed by atoms with E-state index in [2.05, 4.69) is 4.98 Å². The molecule has 5 nitrogen and oxygen atoms in total. The van der Waals surface area contributed by atoms with Gasteiger partial charge in [0.25, 0.3) is 0 Å². The first-order valence-corrected chi connectivity index (χ1v) is 10.6. The van der Waals surface area contributed by atoms with Gasteiger partial charge in [-0.15, -0.1) is 0 Å². The monoisotopic (exact) mass is 446 g/mol. The number of H-pyrrole nitrogens is 1. The second-order valence-electron chi connectivity index (χ2n) is 7.85. The molecule has 1 N–H and O–H groups in total. The number of aromatic amines is 1. The number of nitrogens with zero attached hydrogens (tertiary/aromatic N) is 1. The first kappa shape index (κ1) is 22.0. The Kier molecular flexibility index (Phi) is 6.04. The summed E-state index contributed by atoms with van der Waals surface area (Å²) in [6.45, 7) is 2.94. The van der Waals surface area contributed by atoms with E-state index >= 15 is 0 Å². The average Bonchev–Trinajstić information content (AvgIpc) is 3.18. The zero-order valence-corrected chi connectivity index (χ0v) is 18.0. The average molecular weight is 446 g/mol. The molecule has 170 valence electrons. The van der Waals surface area contributed by atoms with Crippen LogP contribution < -0.4 is 9.47 Å². The van der Waals surface area contributed by atoms with E-state index in [0.717, 1.165) is 29.2 Å². The standard InChI is InChI=1S/C24H25F3N2O3/c1-3-32-23-12-19-15(10-22(23)31-2)8-9-29(14-30)21(19)7-4-16-13-28-20-6-5-17(11-18(16)20)24(25,26)27/h5-6,10-14,21,28H,3-4,7-9H2,1-2H3/t21-/m0/s1. The molecule has 1 amide bonds. The van der Waals surface area contributed by atoms with Crippen molar-refractivity contribution in [3.8, 4) is 11.5 Å². The molecule has 0 radical (unpaired) electrons. The van der Waals surface area contributed by atoms with Gasteiger partial charge in [-0.05, 0) is 73.2 Å². The third-order valence-corrected chi connectivity index (χ3v) is 6.04. The minimum atomic E-state index is -4.39. The summed E-state index contributed by atoms with van der Waals surface area (Å²) in [5.74, 6) is 1.27. The van der Waals surface area contributed by atoms with Crippen LogP contribution in [0.15, 0.2) is 36.5 Å².